The van der Waals surface area contributed by atoms with E-state index < -0.39 is 0 Å². The Labute approximate surface area is 120 Å². The van der Waals surface area contributed by atoms with Crippen LogP contribution in [0.1, 0.15) is 12.8 Å². The number of amides is 1. The quantitative estimate of drug-likeness (QED) is 0.938. The van der Waals surface area contributed by atoms with Crippen molar-refractivity contribution >= 4 is 22.4 Å². The summed E-state index contributed by atoms with van der Waals surface area (Å²) in [7, 11) is 1.86. The van der Waals surface area contributed by atoms with Crippen LogP contribution in [-0.4, -0.2) is 33.9 Å². The SMILES string of the molecule is Cn1cc(-c2csc(NC(=O)C3CCOCC3)n2)cn1. The summed E-state index contributed by atoms with van der Waals surface area (Å²) in [5.41, 5.74) is 1.79. The van der Waals surface area contributed by atoms with Crippen molar-refractivity contribution in [3.05, 3.63) is 17.8 Å². The lowest BCUT2D eigenvalue weighted by Gasteiger charge is -2.20. The number of hydrogen-bond acceptors (Lipinski definition) is 5. The first kappa shape index (κ1) is 13.3. The van der Waals surface area contributed by atoms with Gasteiger partial charge in [0, 0.05) is 43.3 Å². The lowest BCUT2D eigenvalue weighted by molar-refractivity contribution is -0.122. The number of carbonyl (C=O) groups is 1. The minimum atomic E-state index is 0.0366. The third kappa shape index (κ3) is 2.88. The van der Waals surface area contributed by atoms with E-state index in [9.17, 15) is 4.79 Å². The first-order chi connectivity index (χ1) is 9.72. The molecular weight excluding hydrogens is 276 g/mol. The van der Waals surface area contributed by atoms with E-state index in [0.29, 0.717) is 18.3 Å². The number of ether oxygens (including phenoxy) is 1. The highest BCUT2D eigenvalue weighted by atomic mass is 32.1. The zero-order valence-corrected chi connectivity index (χ0v) is 12.0. The third-order valence-electron chi connectivity index (χ3n) is 3.33. The molecule has 2 aromatic heterocycles. The minimum Gasteiger partial charge on any atom is -0.381 e. The number of nitrogens with one attached hydrogen (secondary N) is 1. The summed E-state index contributed by atoms with van der Waals surface area (Å²) in [5, 5.41) is 9.58. The van der Waals surface area contributed by atoms with E-state index in [1.165, 1.54) is 11.3 Å². The van der Waals surface area contributed by atoms with Crippen molar-refractivity contribution in [1.82, 2.24) is 14.8 Å². The fraction of sp³-hybridized carbons (Fsp3) is 0.462. The Morgan fingerprint density at radius 2 is 2.30 bits per heavy atom. The van der Waals surface area contributed by atoms with Crippen LogP contribution in [0.3, 0.4) is 0 Å². The molecule has 1 aliphatic heterocycles. The average Bonchev–Trinajstić information content (AvgIpc) is 3.09. The van der Waals surface area contributed by atoms with Crippen molar-refractivity contribution in [2.75, 3.05) is 18.5 Å². The topological polar surface area (TPSA) is 69.0 Å². The lowest BCUT2D eigenvalue weighted by Crippen LogP contribution is -2.28. The van der Waals surface area contributed by atoms with Crippen LogP contribution in [0.25, 0.3) is 11.3 Å². The van der Waals surface area contributed by atoms with Gasteiger partial charge >= 0.3 is 0 Å². The molecule has 1 N–H and O–H groups in total. The Hall–Kier alpha value is -1.73. The molecule has 1 aliphatic rings. The van der Waals surface area contributed by atoms with Gasteiger partial charge in [0.15, 0.2) is 5.13 Å². The molecule has 2 aromatic rings. The van der Waals surface area contributed by atoms with Gasteiger partial charge in [-0.15, -0.1) is 11.3 Å². The minimum absolute atomic E-state index is 0.0366. The van der Waals surface area contributed by atoms with Crippen molar-refractivity contribution < 1.29 is 9.53 Å². The first-order valence-corrected chi connectivity index (χ1v) is 7.43. The van der Waals surface area contributed by atoms with Gasteiger partial charge in [0.25, 0.3) is 0 Å². The lowest BCUT2D eigenvalue weighted by atomic mass is 10.00. The van der Waals surface area contributed by atoms with E-state index >= 15 is 0 Å². The maximum absolute atomic E-state index is 12.1. The number of rotatable bonds is 3. The molecule has 1 amide bonds. The molecule has 0 radical (unpaired) electrons. The molecule has 1 fully saturated rings. The van der Waals surface area contributed by atoms with E-state index in [4.69, 9.17) is 4.74 Å². The molecule has 20 heavy (non-hydrogen) atoms. The predicted molar refractivity (Wildman–Crippen MR) is 76.5 cm³/mol. The second kappa shape index (κ2) is 5.72. The van der Waals surface area contributed by atoms with Crippen LogP contribution in [-0.2, 0) is 16.6 Å². The smallest absolute Gasteiger partial charge is 0.229 e. The summed E-state index contributed by atoms with van der Waals surface area (Å²) in [6, 6.07) is 0. The summed E-state index contributed by atoms with van der Waals surface area (Å²) in [6.07, 6.45) is 5.23. The molecule has 3 heterocycles. The Bertz CT molecular complexity index is 601. The Morgan fingerprint density at radius 1 is 1.50 bits per heavy atom. The molecule has 3 rings (SSSR count). The van der Waals surface area contributed by atoms with Gasteiger partial charge in [-0.05, 0) is 12.8 Å². The summed E-state index contributed by atoms with van der Waals surface area (Å²) >= 11 is 1.43. The molecule has 6 nitrogen and oxygen atoms in total. The van der Waals surface area contributed by atoms with Crippen LogP contribution in [0.15, 0.2) is 17.8 Å². The molecule has 0 bridgehead atoms. The highest BCUT2D eigenvalue weighted by Gasteiger charge is 2.22. The summed E-state index contributed by atoms with van der Waals surface area (Å²) < 4.78 is 6.99. The number of carbonyl (C=O) groups excluding carboxylic acids is 1. The number of aryl methyl sites for hydroxylation is 1. The second-order valence-corrected chi connectivity index (χ2v) is 5.67. The van der Waals surface area contributed by atoms with Gasteiger partial charge in [0.1, 0.15) is 0 Å². The largest absolute Gasteiger partial charge is 0.381 e. The van der Waals surface area contributed by atoms with Gasteiger partial charge < -0.3 is 10.1 Å². The number of thiazole rings is 1. The highest BCUT2D eigenvalue weighted by molar-refractivity contribution is 7.14. The summed E-state index contributed by atoms with van der Waals surface area (Å²) in [4.78, 5) is 16.5. The molecule has 0 saturated carbocycles. The number of anilines is 1. The van der Waals surface area contributed by atoms with Crippen LogP contribution >= 0.6 is 11.3 Å². The van der Waals surface area contributed by atoms with Crippen molar-refractivity contribution in [3.8, 4) is 11.3 Å². The standard InChI is InChI=1S/C13H16N4O2S/c1-17-7-10(6-14-17)11-8-20-13(15-11)16-12(18)9-2-4-19-5-3-9/h6-9H,2-5H2,1H3,(H,15,16,18). The van der Waals surface area contributed by atoms with Crippen LogP contribution in [0, 0.1) is 5.92 Å². The zero-order valence-electron chi connectivity index (χ0n) is 11.2. The molecule has 0 aliphatic carbocycles. The Morgan fingerprint density at radius 3 is 3.00 bits per heavy atom. The van der Waals surface area contributed by atoms with Gasteiger partial charge in [0.2, 0.25) is 5.91 Å². The van der Waals surface area contributed by atoms with E-state index in [0.717, 1.165) is 24.1 Å². The molecule has 106 valence electrons. The second-order valence-electron chi connectivity index (χ2n) is 4.82. The van der Waals surface area contributed by atoms with Crippen LogP contribution in [0.4, 0.5) is 5.13 Å². The first-order valence-electron chi connectivity index (χ1n) is 6.55. The monoisotopic (exact) mass is 292 g/mol. The third-order valence-corrected chi connectivity index (χ3v) is 4.08. The van der Waals surface area contributed by atoms with E-state index in [2.05, 4.69) is 15.4 Å². The van der Waals surface area contributed by atoms with Gasteiger partial charge in [-0.3, -0.25) is 9.48 Å². The molecular formula is C13H16N4O2S. The zero-order chi connectivity index (χ0) is 13.9. The molecule has 0 spiro atoms. The van der Waals surface area contributed by atoms with Crippen molar-refractivity contribution in [3.63, 3.8) is 0 Å². The van der Waals surface area contributed by atoms with Crippen LogP contribution in [0.2, 0.25) is 0 Å². The fourth-order valence-corrected chi connectivity index (χ4v) is 2.91. The Kier molecular flexibility index (Phi) is 3.79. The number of nitrogens with zero attached hydrogens (tertiary/aromatic N) is 3. The predicted octanol–water partition coefficient (Wildman–Crippen LogP) is 1.91. The fourth-order valence-electron chi connectivity index (χ4n) is 2.18. The van der Waals surface area contributed by atoms with E-state index in [1.54, 1.807) is 10.9 Å². The van der Waals surface area contributed by atoms with Gasteiger partial charge in [0.05, 0.1) is 11.9 Å². The molecule has 1 saturated heterocycles. The van der Waals surface area contributed by atoms with Gasteiger partial charge in [-0.2, -0.15) is 5.10 Å². The summed E-state index contributed by atoms with van der Waals surface area (Å²) in [5.74, 6) is 0.0786. The highest BCUT2D eigenvalue weighted by Crippen LogP contribution is 2.25. The van der Waals surface area contributed by atoms with Crippen molar-refractivity contribution in [2.24, 2.45) is 13.0 Å². The molecule has 0 aromatic carbocycles. The van der Waals surface area contributed by atoms with E-state index in [1.807, 2.05) is 18.6 Å². The van der Waals surface area contributed by atoms with Crippen LogP contribution < -0.4 is 5.32 Å². The molecule has 0 atom stereocenters. The van der Waals surface area contributed by atoms with Crippen molar-refractivity contribution in [1.29, 1.82) is 0 Å². The van der Waals surface area contributed by atoms with Crippen molar-refractivity contribution in [2.45, 2.75) is 12.8 Å². The van der Waals surface area contributed by atoms with Gasteiger partial charge in [-0.1, -0.05) is 0 Å². The average molecular weight is 292 g/mol. The number of aromatic nitrogens is 3. The molecule has 7 heteroatoms. The Balaban J connectivity index is 1.66. The molecule has 0 unspecified atom stereocenters. The van der Waals surface area contributed by atoms with E-state index in [-0.39, 0.29) is 11.8 Å². The number of hydrogen-bond donors (Lipinski definition) is 1. The van der Waals surface area contributed by atoms with Crippen LogP contribution in [0.5, 0.6) is 0 Å². The normalized spacial score (nSPS) is 16.2. The van der Waals surface area contributed by atoms with Gasteiger partial charge in [-0.25, -0.2) is 4.98 Å². The maximum atomic E-state index is 12.1. The maximum Gasteiger partial charge on any atom is 0.229 e. The summed E-state index contributed by atoms with van der Waals surface area (Å²) in [6.45, 7) is 1.33.